The molecule has 6 rings (SSSR count). The van der Waals surface area contributed by atoms with Crippen molar-refractivity contribution in [2.75, 3.05) is 27.2 Å². The first-order chi connectivity index (χ1) is 19.8. The lowest BCUT2D eigenvalue weighted by atomic mass is 9.99. The minimum Gasteiger partial charge on any atom is -0.478 e. The van der Waals surface area contributed by atoms with E-state index in [1.807, 2.05) is 61.5 Å². The second-order valence-corrected chi connectivity index (χ2v) is 10.4. The number of amides is 1. The van der Waals surface area contributed by atoms with Crippen molar-refractivity contribution < 1.29 is 14.7 Å². The maximum absolute atomic E-state index is 12.4. The summed E-state index contributed by atoms with van der Waals surface area (Å²) in [6, 6.07) is 26.7. The average molecular weight is 544 g/mol. The Bertz CT molecular complexity index is 1800. The molecule has 0 fully saturated rings. The number of carboxylic acid groups (broad SMARTS) is 1. The van der Waals surface area contributed by atoms with E-state index in [2.05, 4.69) is 40.6 Å². The molecule has 5 aromatic rings. The number of hydrogen-bond acceptors (Lipinski definition) is 5. The van der Waals surface area contributed by atoms with E-state index in [9.17, 15) is 9.59 Å². The zero-order valence-electron chi connectivity index (χ0n) is 22.8. The van der Waals surface area contributed by atoms with Crippen LogP contribution in [0.15, 0.2) is 89.9 Å². The lowest BCUT2D eigenvalue weighted by Crippen LogP contribution is -2.31. The standard InChI is InChI=1S/C33H29N5O3/c1-38(2)16-15-34-32(39)22-7-5-21(6-8-22)31-36-27-14-13-25(18-30(27)37-31)24-11-12-26-19-28(35-29(26)17-24)20-3-9-23(10-4-20)33(40)41/h3-14,17-18H,15-16,19H2,1-2H3,(H,34,39)(H,36,37)(H,40,41). The summed E-state index contributed by atoms with van der Waals surface area (Å²) in [5.74, 6) is -0.281. The van der Waals surface area contributed by atoms with Crippen molar-refractivity contribution in [3.05, 3.63) is 107 Å². The highest BCUT2D eigenvalue weighted by molar-refractivity contribution is 6.07. The van der Waals surface area contributed by atoms with E-state index in [-0.39, 0.29) is 11.5 Å². The Morgan fingerprint density at radius 3 is 2.24 bits per heavy atom. The molecule has 1 aliphatic heterocycles. The number of carboxylic acids is 1. The molecule has 8 heteroatoms. The fourth-order valence-corrected chi connectivity index (χ4v) is 4.93. The first-order valence-electron chi connectivity index (χ1n) is 13.4. The fraction of sp³-hybridized carbons (Fsp3) is 0.152. The summed E-state index contributed by atoms with van der Waals surface area (Å²) in [6.07, 6.45) is 0.710. The quantitative estimate of drug-likeness (QED) is 0.237. The molecule has 1 aliphatic rings. The lowest BCUT2D eigenvalue weighted by molar-refractivity contribution is 0.0696. The molecule has 204 valence electrons. The molecule has 1 aromatic heterocycles. The van der Waals surface area contributed by atoms with Gasteiger partial charge in [-0.3, -0.25) is 9.79 Å². The van der Waals surface area contributed by atoms with E-state index >= 15 is 0 Å². The van der Waals surface area contributed by atoms with Gasteiger partial charge in [0.15, 0.2) is 0 Å². The number of aromatic amines is 1. The van der Waals surface area contributed by atoms with Gasteiger partial charge in [0.2, 0.25) is 0 Å². The van der Waals surface area contributed by atoms with Gasteiger partial charge in [0, 0.05) is 30.6 Å². The van der Waals surface area contributed by atoms with E-state index in [1.165, 1.54) is 0 Å². The van der Waals surface area contributed by atoms with Gasteiger partial charge in [-0.15, -0.1) is 0 Å². The van der Waals surface area contributed by atoms with Crippen LogP contribution in [-0.4, -0.2) is 64.7 Å². The van der Waals surface area contributed by atoms with Crippen LogP contribution in [0.2, 0.25) is 0 Å². The second-order valence-electron chi connectivity index (χ2n) is 10.4. The summed E-state index contributed by atoms with van der Waals surface area (Å²) in [5, 5.41) is 12.1. The number of aromatic nitrogens is 2. The Balaban J connectivity index is 1.20. The third-order valence-electron chi connectivity index (χ3n) is 7.24. The van der Waals surface area contributed by atoms with Gasteiger partial charge in [-0.05, 0) is 78.8 Å². The number of H-pyrrole nitrogens is 1. The van der Waals surface area contributed by atoms with E-state index < -0.39 is 5.97 Å². The van der Waals surface area contributed by atoms with Crippen LogP contribution < -0.4 is 5.32 Å². The number of carbonyl (C=O) groups is 2. The summed E-state index contributed by atoms with van der Waals surface area (Å²) in [7, 11) is 3.95. The number of nitrogens with one attached hydrogen (secondary N) is 2. The minimum absolute atomic E-state index is 0.0884. The number of aliphatic imine (C=N–C) groups is 1. The fourth-order valence-electron chi connectivity index (χ4n) is 4.93. The van der Waals surface area contributed by atoms with E-state index in [0.29, 0.717) is 18.5 Å². The summed E-state index contributed by atoms with van der Waals surface area (Å²) in [6.45, 7) is 1.38. The van der Waals surface area contributed by atoms with E-state index in [4.69, 9.17) is 15.1 Å². The molecule has 2 heterocycles. The maximum atomic E-state index is 12.4. The number of carbonyl (C=O) groups excluding carboxylic acids is 1. The number of imidazole rings is 1. The van der Waals surface area contributed by atoms with Crippen molar-refractivity contribution >= 4 is 34.3 Å². The first kappa shape index (κ1) is 26.2. The third-order valence-corrected chi connectivity index (χ3v) is 7.24. The van der Waals surface area contributed by atoms with Crippen LogP contribution in [0.3, 0.4) is 0 Å². The second kappa shape index (κ2) is 10.8. The maximum Gasteiger partial charge on any atom is 0.335 e. The largest absolute Gasteiger partial charge is 0.478 e. The van der Waals surface area contributed by atoms with Gasteiger partial charge in [0.05, 0.1) is 28.0 Å². The molecule has 0 radical (unpaired) electrons. The number of likely N-dealkylation sites (N-methyl/N-ethyl adjacent to an activating group) is 1. The topological polar surface area (TPSA) is 111 Å². The number of hydrogen-bond donors (Lipinski definition) is 3. The molecule has 0 unspecified atom stereocenters. The molecule has 1 amide bonds. The molecule has 0 saturated carbocycles. The average Bonchev–Trinajstić information content (AvgIpc) is 3.60. The molecule has 0 aliphatic carbocycles. The predicted molar refractivity (Wildman–Crippen MR) is 161 cm³/mol. The van der Waals surface area contributed by atoms with Crippen LogP contribution in [0.1, 0.15) is 31.8 Å². The number of fused-ring (bicyclic) bond motifs is 2. The predicted octanol–water partition coefficient (Wildman–Crippen LogP) is 5.56. The molecule has 0 atom stereocenters. The molecule has 0 bridgehead atoms. The van der Waals surface area contributed by atoms with Crippen LogP contribution in [-0.2, 0) is 6.42 Å². The highest BCUT2D eigenvalue weighted by Crippen LogP contribution is 2.34. The molecular formula is C33H29N5O3. The van der Waals surface area contributed by atoms with Gasteiger partial charge in [-0.2, -0.15) is 0 Å². The Hall–Kier alpha value is -5.08. The highest BCUT2D eigenvalue weighted by Gasteiger charge is 2.18. The van der Waals surface area contributed by atoms with Crippen molar-refractivity contribution in [3.63, 3.8) is 0 Å². The summed E-state index contributed by atoms with van der Waals surface area (Å²) in [5.41, 5.74) is 9.60. The number of rotatable bonds is 8. The van der Waals surface area contributed by atoms with Gasteiger partial charge in [0.1, 0.15) is 5.82 Å². The molecule has 8 nitrogen and oxygen atoms in total. The van der Waals surface area contributed by atoms with Crippen molar-refractivity contribution in [1.29, 1.82) is 0 Å². The zero-order chi connectivity index (χ0) is 28.5. The molecule has 3 N–H and O–H groups in total. The number of aromatic carboxylic acids is 1. The Morgan fingerprint density at radius 1 is 0.854 bits per heavy atom. The number of nitrogens with zero attached hydrogens (tertiary/aromatic N) is 3. The smallest absolute Gasteiger partial charge is 0.335 e. The molecule has 41 heavy (non-hydrogen) atoms. The van der Waals surface area contributed by atoms with Crippen LogP contribution in [0.5, 0.6) is 0 Å². The van der Waals surface area contributed by atoms with Crippen LogP contribution in [0.4, 0.5) is 5.69 Å². The SMILES string of the molecule is CN(C)CCNC(=O)c1ccc(-c2nc3ccc(-c4ccc5c(c4)N=C(c4ccc(C(=O)O)cc4)C5)cc3[nH]2)cc1. The molecular weight excluding hydrogens is 514 g/mol. The minimum atomic E-state index is -0.937. The molecule has 0 spiro atoms. The Kier molecular flexibility index (Phi) is 6.91. The molecule has 0 saturated heterocycles. The van der Waals surface area contributed by atoms with Crippen molar-refractivity contribution in [2.45, 2.75) is 6.42 Å². The van der Waals surface area contributed by atoms with Crippen molar-refractivity contribution in [3.8, 4) is 22.5 Å². The van der Waals surface area contributed by atoms with Gasteiger partial charge in [0.25, 0.3) is 5.91 Å². The van der Waals surface area contributed by atoms with Crippen LogP contribution in [0.25, 0.3) is 33.5 Å². The highest BCUT2D eigenvalue weighted by atomic mass is 16.4. The van der Waals surface area contributed by atoms with E-state index in [0.717, 1.165) is 62.6 Å². The number of benzene rings is 4. The monoisotopic (exact) mass is 543 g/mol. The van der Waals surface area contributed by atoms with Gasteiger partial charge < -0.3 is 20.3 Å². The summed E-state index contributed by atoms with van der Waals surface area (Å²) >= 11 is 0. The van der Waals surface area contributed by atoms with Gasteiger partial charge in [-0.1, -0.05) is 42.5 Å². The van der Waals surface area contributed by atoms with Gasteiger partial charge in [-0.25, -0.2) is 9.78 Å². The van der Waals surface area contributed by atoms with Gasteiger partial charge >= 0.3 is 5.97 Å². The van der Waals surface area contributed by atoms with E-state index in [1.54, 1.807) is 12.1 Å². The Morgan fingerprint density at radius 2 is 1.51 bits per heavy atom. The van der Waals surface area contributed by atoms with Crippen LogP contribution >= 0.6 is 0 Å². The van der Waals surface area contributed by atoms with Crippen molar-refractivity contribution in [2.24, 2.45) is 4.99 Å². The Labute approximate surface area is 237 Å². The van der Waals surface area contributed by atoms with Crippen molar-refractivity contribution in [1.82, 2.24) is 20.2 Å². The van der Waals surface area contributed by atoms with Crippen LogP contribution in [0, 0.1) is 0 Å². The zero-order valence-corrected chi connectivity index (χ0v) is 22.8. The normalized spacial score (nSPS) is 12.4. The summed E-state index contributed by atoms with van der Waals surface area (Å²) in [4.78, 5) is 38.6. The molecule has 4 aromatic carbocycles. The first-order valence-corrected chi connectivity index (χ1v) is 13.4. The lowest BCUT2D eigenvalue weighted by Gasteiger charge is -2.10. The third kappa shape index (κ3) is 5.50. The summed E-state index contributed by atoms with van der Waals surface area (Å²) < 4.78 is 0.